The lowest BCUT2D eigenvalue weighted by molar-refractivity contribution is -0.133. The van der Waals surface area contributed by atoms with E-state index in [1.807, 2.05) is 46.7 Å². The summed E-state index contributed by atoms with van der Waals surface area (Å²) >= 11 is 0. The first-order valence-electron chi connectivity index (χ1n) is 8.53. The molecule has 1 aliphatic rings. The monoisotopic (exact) mass is 343 g/mol. The van der Waals surface area contributed by atoms with Crippen molar-refractivity contribution in [1.29, 1.82) is 0 Å². The number of benzene rings is 1. The molecule has 0 radical (unpaired) electrons. The first-order chi connectivity index (χ1) is 12.1. The molecule has 1 saturated heterocycles. The van der Waals surface area contributed by atoms with E-state index in [2.05, 4.69) is 16.3 Å². The molecular formula is C18H25N5O2. The number of hydrogen-bond acceptors (Lipinski definition) is 5. The fraction of sp³-hybridized carbons (Fsp3) is 0.500. The van der Waals surface area contributed by atoms with E-state index >= 15 is 0 Å². The summed E-state index contributed by atoms with van der Waals surface area (Å²) in [6.07, 6.45) is 3.69. The number of likely N-dealkylation sites (tertiary alicyclic amines) is 1. The largest absolute Gasteiger partial charge is 0.497 e. The number of hydrogen-bond donors (Lipinski definition) is 0. The van der Waals surface area contributed by atoms with Crippen molar-refractivity contribution < 1.29 is 9.53 Å². The number of rotatable bonds is 6. The molecule has 1 aromatic carbocycles. The Morgan fingerprint density at radius 3 is 3.00 bits per heavy atom. The van der Waals surface area contributed by atoms with E-state index in [9.17, 15) is 4.79 Å². The van der Waals surface area contributed by atoms with Crippen LogP contribution in [0.15, 0.2) is 30.6 Å². The number of methoxy groups -OCH3 is 1. The van der Waals surface area contributed by atoms with Gasteiger partial charge >= 0.3 is 0 Å². The number of aromatic nitrogens is 3. The summed E-state index contributed by atoms with van der Waals surface area (Å²) in [5.74, 6) is 1.83. The zero-order valence-electron chi connectivity index (χ0n) is 15.1. The van der Waals surface area contributed by atoms with Crippen LogP contribution in [0.5, 0.6) is 5.75 Å². The van der Waals surface area contributed by atoms with Crippen molar-refractivity contribution in [3.63, 3.8) is 0 Å². The molecule has 7 heteroatoms. The third kappa shape index (κ3) is 3.99. The summed E-state index contributed by atoms with van der Waals surface area (Å²) in [7, 11) is 5.51. The van der Waals surface area contributed by atoms with Gasteiger partial charge in [0, 0.05) is 13.6 Å². The third-order valence-electron chi connectivity index (χ3n) is 4.67. The minimum Gasteiger partial charge on any atom is -0.497 e. The molecule has 0 aliphatic carbocycles. The van der Waals surface area contributed by atoms with Crippen LogP contribution < -0.4 is 4.74 Å². The average Bonchev–Trinajstić information content (AvgIpc) is 3.24. The van der Waals surface area contributed by atoms with Crippen molar-refractivity contribution >= 4 is 5.91 Å². The molecule has 1 atom stereocenters. The van der Waals surface area contributed by atoms with Gasteiger partial charge in [0.15, 0.2) is 0 Å². The summed E-state index contributed by atoms with van der Waals surface area (Å²) in [4.78, 5) is 16.8. The maximum absolute atomic E-state index is 12.8. The summed E-state index contributed by atoms with van der Waals surface area (Å²) in [6, 6.07) is 8.14. The molecule has 1 fully saturated rings. The van der Waals surface area contributed by atoms with Gasteiger partial charge in [-0.1, -0.05) is 12.1 Å². The predicted octanol–water partition coefficient (Wildman–Crippen LogP) is 1.62. The molecule has 1 aromatic heterocycles. The van der Waals surface area contributed by atoms with E-state index in [-0.39, 0.29) is 11.9 Å². The SMILES string of the molecule is COc1cccc(C2CCCN2C(=O)CN(C)Cc2nncn2C)c1. The summed E-state index contributed by atoms with van der Waals surface area (Å²) in [5.41, 5.74) is 1.14. The average molecular weight is 343 g/mol. The second-order valence-electron chi connectivity index (χ2n) is 6.55. The number of ether oxygens (including phenoxy) is 1. The Morgan fingerprint density at radius 1 is 1.44 bits per heavy atom. The fourth-order valence-corrected chi connectivity index (χ4v) is 3.33. The Hall–Kier alpha value is -2.41. The maximum atomic E-state index is 12.8. The minimum absolute atomic E-state index is 0.130. The van der Waals surface area contributed by atoms with Crippen molar-refractivity contribution in [3.8, 4) is 5.75 Å². The van der Waals surface area contributed by atoms with E-state index in [1.165, 1.54) is 0 Å². The van der Waals surface area contributed by atoms with E-state index < -0.39 is 0 Å². The van der Waals surface area contributed by atoms with Gasteiger partial charge < -0.3 is 14.2 Å². The van der Waals surface area contributed by atoms with Crippen LogP contribution in [-0.2, 0) is 18.4 Å². The van der Waals surface area contributed by atoms with Crippen LogP contribution in [0.1, 0.15) is 30.3 Å². The number of amides is 1. The van der Waals surface area contributed by atoms with Gasteiger partial charge in [-0.3, -0.25) is 9.69 Å². The van der Waals surface area contributed by atoms with E-state index in [4.69, 9.17) is 4.74 Å². The Balaban J connectivity index is 1.65. The smallest absolute Gasteiger partial charge is 0.237 e. The molecule has 25 heavy (non-hydrogen) atoms. The van der Waals surface area contributed by atoms with E-state index in [0.717, 1.165) is 36.5 Å². The normalized spacial score (nSPS) is 17.3. The second kappa shape index (κ2) is 7.65. The summed E-state index contributed by atoms with van der Waals surface area (Å²) in [6.45, 7) is 1.77. The molecular weight excluding hydrogens is 318 g/mol. The zero-order valence-corrected chi connectivity index (χ0v) is 15.1. The molecule has 1 amide bonds. The van der Waals surface area contributed by atoms with Crippen LogP contribution in [0.4, 0.5) is 0 Å². The van der Waals surface area contributed by atoms with Gasteiger partial charge in [0.25, 0.3) is 0 Å². The highest BCUT2D eigenvalue weighted by Gasteiger charge is 2.30. The third-order valence-corrected chi connectivity index (χ3v) is 4.67. The van der Waals surface area contributed by atoms with Crippen molar-refractivity contribution in [3.05, 3.63) is 42.0 Å². The Bertz CT molecular complexity index is 730. The number of likely N-dealkylation sites (N-methyl/N-ethyl adjacent to an activating group) is 1. The van der Waals surface area contributed by atoms with Crippen LogP contribution in [0, 0.1) is 0 Å². The van der Waals surface area contributed by atoms with E-state index in [0.29, 0.717) is 13.1 Å². The van der Waals surface area contributed by atoms with Crippen molar-refractivity contribution in [2.24, 2.45) is 7.05 Å². The number of carbonyl (C=O) groups excluding carboxylic acids is 1. The standard InChI is InChI=1S/C18H25N5O2/c1-21(11-17-20-19-13-22(17)2)12-18(24)23-9-5-8-16(23)14-6-4-7-15(10-14)25-3/h4,6-7,10,13,16H,5,8-9,11-12H2,1-3H3. The van der Waals surface area contributed by atoms with Crippen LogP contribution in [0.3, 0.4) is 0 Å². The highest BCUT2D eigenvalue weighted by atomic mass is 16.5. The van der Waals surface area contributed by atoms with Crippen molar-refractivity contribution in [2.75, 3.05) is 27.2 Å². The molecule has 134 valence electrons. The molecule has 2 heterocycles. The van der Waals surface area contributed by atoms with Crippen molar-refractivity contribution in [1.82, 2.24) is 24.6 Å². The van der Waals surface area contributed by atoms with E-state index in [1.54, 1.807) is 13.4 Å². The molecule has 0 N–H and O–H groups in total. The van der Waals surface area contributed by atoms with Crippen molar-refractivity contribution in [2.45, 2.75) is 25.4 Å². The summed E-state index contributed by atoms with van der Waals surface area (Å²) < 4.78 is 7.19. The number of carbonyl (C=O) groups is 1. The first kappa shape index (κ1) is 17.4. The molecule has 0 spiro atoms. The molecule has 0 bridgehead atoms. The van der Waals surface area contributed by atoms with Gasteiger partial charge in [-0.05, 0) is 37.6 Å². The fourth-order valence-electron chi connectivity index (χ4n) is 3.33. The van der Waals surface area contributed by atoms with Gasteiger partial charge in [-0.15, -0.1) is 10.2 Å². The highest BCUT2D eigenvalue weighted by Crippen LogP contribution is 2.33. The molecule has 0 saturated carbocycles. The van der Waals surface area contributed by atoms with Gasteiger partial charge in [-0.2, -0.15) is 0 Å². The summed E-state index contributed by atoms with van der Waals surface area (Å²) in [5, 5.41) is 7.95. The lowest BCUT2D eigenvalue weighted by atomic mass is 10.0. The molecule has 2 aromatic rings. The second-order valence-corrected chi connectivity index (χ2v) is 6.55. The lowest BCUT2D eigenvalue weighted by Crippen LogP contribution is -2.38. The molecule has 1 unspecified atom stereocenters. The minimum atomic E-state index is 0.130. The molecule has 1 aliphatic heterocycles. The van der Waals surface area contributed by atoms with Crippen LogP contribution in [0.25, 0.3) is 0 Å². The van der Waals surface area contributed by atoms with Crippen LogP contribution in [0.2, 0.25) is 0 Å². The van der Waals surface area contributed by atoms with Gasteiger partial charge in [-0.25, -0.2) is 0 Å². The Kier molecular flexibility index (Phi) is 5.33. The van der Waals surface area contributed by atoms with Crippen LogP contribution >= 0.6 is 0 Å². The van der Waals surface area contributed by atoms with Gasteiger partial charge in [0.2, 0.25) is 5.91 Å². The maximum Gasteiger partial charge on any atom is 0.237 e. The highest BCUT2D eigenvalue weighted by molar-refractivity contribution is 5.79. The molecule has 7 nitrogen and oxygen atoms in total. The topological polar surface area (TPSA) is 63.5 Å². The first-order valence-corrected chi connectivity index (χ1v) is 8.53. The van der Waals surface area contributed by atoms with Gasteiger partial charge in [0.1, 0.15) is 17.9 Å². The quantitative estimate of drug-likeness (QED) is 0.797. The Morgan fingerprint density at radius 2 is 2.28 bits per heavy atom. The van der Waals surface area contributed by atoms with Gasteiger partial charge in [0.05, 0.1) is 26.2 Å². The zero-order chi connectivity index (χ0) is 17.8. The number of aryl methyl sites for hydroxylation is 1. The number of nitrogens with zero attached hydrogens (tertiary/aromatic N) is 5. The molecule has 3 rings (SSSR count). The van der Waals surface area contributed by atoms with Crippen LogP contribution in [-0.4, -0.2) is 57.7 Å². The predicted molar refractivity (Wildman–Crippen MR) is 94.0 cm³/mol. The Labute approximate surface area is 148 Å². The lowest BCUT2D eigenvalue weighted by Gasteiger charge is -2.27.